The van der Waals surface area contributed by atoms with Gasteiger partial charge in [0.25, 0.3) is 0 Å². The summed E-state index contributed by atoms with van der Waals surface area (Å²) in [5.41, 5.74) is 0.546. The minimum Gasteiger partial charge on any atom is -0.0602 e. The highest BCUT2D eigenvalue weighted by molar-refractivity contribution is 4.97. The lowest BCUT2D eigenvalue weighted by Crippen LogP contribution is -2.44. The molecule has 0 atom stereocenters. The molecule has 0 spiro atoms. The highest BCUT2D eigenvalue weighted by Crippen LogP contribution is 2.57. The Morgan fingerprint density at radius 3 is 1.83 bits per heavy atom. The average molecular weight is 248 g/mol. The van der Waals surface area contributed by atoms with Gasteiger partial charge >= 0.3 is 0 Å². The fourth-order valence-corrected chi connectivity index (χ4v) is 5.54. The zero-order valence-electron chi connectivity index (χ0n) is 12.8. The first-order valence-electron chi connectivity index (χ1n) is 8.51. The van der Waals surface area contributed by atoms with Crippen LogP contribution in [-0.4, -0.2) is 0 Å². The van der Waals surface area contributed by atoms with E-state index in [-0.39, 0.29) is 0 Å². The van der Waals surface area contributed by atoms with Crippen molar-refractivity contribution in [3.63, 3.8) is 0 Å². The Morgan fingerprint density at radius 2 is 1.33 bits per heavy atom. The van der Waals surface area contributed by atoms with E-state index in [0.29, 0.717) is 5.41 Å². The zero-order chi connectivity index (χ0) is 12.8. The Labute approximate surface area is 114 Å². The first-order chi connectivity index (χ1) is 8.51. The topological polar surface area (TPSA) is 0 Å². The summed E-state index contributed by atoms with van der Waals surface area (Å²) in [5.74, 6) is 5.74. The molecule has 18 heavy (non-hydrogen) atoms. The van der Waals surface area contributed by atoms with Gasteiger partial charge in [-0.1, -0.05) is 33.6 Å². The van der Waals surface area contributed by atoms with Gasteiger partial charge in [0.1, 0.15) is 0 Å². The summed E-state index contributed by atoms with van der Waals surface area (Å²) in [6.07, 6.45) is 14.0. The fraction of sp³-hybridized carbons (Fsp3) is 1.00. The van der Waals surface area contributed by atoms with Gasteiger partial charge in [0, 0.05) is 0 Å². The normalized spacial score (nSPS) is 42.5. The monoisotopic (exact) mass is 248 g/mol. The van der Waals surface area contributed by atoms with Crippen molar-refractivity contribution in [2.75, 3.05) is 0 Å². The summed E-state index contributed by atoms with van der Waals surface area (Å²) < 4.78 is 0. The van der Waals surface area contributed by atoms with Crippen molar-refractivity contribution in [2.24, 2.45) is 35.0 Å². The molecular weight excluding hydrogens is 216 g/mol. The maximum Gasteiger partial charge on any atom is -0.0357 e. The van der Waals surface area contributed by atoms with E-state index in [1.165, 1.54) is 19.3 Å². The molecule has 0 nitrogen and oxygen atoms in total. The SMILES string of the molecule is CC(C)(C)CCCCC1C2CC3CC(C2)CC1C3. The van der Waals surface area contributed by atoms with Crippen LogP contribution in [0.3, 0.4) is 0 Å². The molecule has 4 aliphatic carbocycles. The quantitative estimate of drug-likeness (QED) is 0.563. The maximum atomic E-state index is 2.38. The van der Waals surface area contributed by atoms with E-state index in [1.807, 2.05) is 0 Å². The lowest BCUT2D eigenvalue weighted by molar-refractivity contribution is -0.0406. The molecule has 0 aliphatic heterocycles. The van der Waals surface area contributed by atoms with E-state index in [9.17, 15) is 0 Å². The molecule has 0 heterocycles. The smallest absolute Gasteiger partial charge is 0.0357 e. The molecule has 0 aromatic rings. The molecule has 0 aromatic heterocycles. The van der Waals surface area contributed by atoms with Crippen molar-refractivity contribution in [1.29, 1.82) is 0 Å². The lowest BCUT2D eigenvalue weighted by atomic mass is 9.51. The molecule has 0 saturated heterocycles. The standard InChI is InChI=1S/C18H32/c1-18(2,3)7-5-4-6-17-15-9-13-8-14(11-15)12-16(17)10-13/h13-17H,4-12H2,1-3H3. The second kappa shape index (κ2) is 4.84. The van der Waals surface area contributed by atoms with E-state index in [1.54, 1.807) is 38.5 Å². The van der Waals surface area contributed by atoms with Crippen molar-refractivity contribution in [2.45, 2.75) is 78.6 Å². The predicted octanol–water partition coefficient (Wildman–Crippen LogP) is 5.67. The van der Waals surface area contributed by atoms with Crippen LogP contribution in [0.5, 0.6) is 0 Å². The third kappa shape index (κ3) is 2.78. The van der Waals surface area contributed by atoms with E-state index in [2.05, 4.69) is 20.8 Å². The van der Waals surface area contributed by atoms with Crippen molar-refractivity contribution in [3.8, 4) is 0 Å². The Morgan fingerprint density at radius 1 is 0.778 bits per heavy atom. The van der Waals surface area contributed by atoms with Crippen molar-refractivity contribution >= 4 is 0 Å². The Kier molecular flexibility index (Phi) is 3.49. The Bertz CT molecular complexity index is 255. The van der Waals surface area contributed by atoms with Crippen molar-refractivity contribution in [3.05, 3.63) is 0 Å². The second-order valence-electron chi connectivity index (χ2n) is 8.90. The molecule has 4 rings (SSSR count). The Balaban J connectivity index is 1.46. The van der Waals surface area contributed by atoms with E-state index in [4.69, 9.17) is 0 Å². The van der Waals surface area contributed by atoms with Crippen LogP contribution in [0.15, 0.2) is 0 Å². The number of unbranched alkanes of at least 4 members (excludes halogenated alkanes) is 1. The Hall–Kier alpha value is 0. The third-order valence-electron chi connectivity index (χ3n) is 6.14. The van der Waals surface area contributed by atoms with E-state index < -0.39 is 0 Å². The predicted molar refractivity (Wildman–Crippen MR) is 78.5 cm³/mol. The van der Waals surface area contributed by atoms with Crippen LogP contribution in [0.2, 0.25) is 0 Å². The second-order valence-corrected chi connectivity index (χ2v) is 8.90. The van der Waals surface area contributed by atoms with Gasteiger partial charge in [0.05, 0.1) is 0 Å². The highest BCUT2D eigenvalue weighted by atomic mass is 14.5. The fourth-order valence-electron chi connectivity index (χ4n) is 5.54. The van der Waals surface area contributed by atoms with Crippen LogP contribution in [0.4, 0.5) is 0 Å². The molecule has 0 aromatic carbocycles. The molecule has 0 amide bonds. The van der Waals surface area contributed by atoms with Crippen LogP contribution < -0.4 is 0 Å². The molecule has 104 valence electrons. The maximum absolute atomic E-state index is 2.38. The molecule has 4 saturated carbocycles. The van der Waals surface area contributed by atoms with E-state index in [0.717, 1.165) is 29.6 Å². The molecule has 0 unspecified atom stereocenters. The van der Waals surface area contributed by atoms with Crippen molar-refractivity contribution in [1.82, 2.24) is 0 Å². The zero-order valence-corrected chi connectivity index (χ0v) is 12.8. The largest absolute Gasteiger partial charge is 0.0602 e. The summed E-state index contributed by atoms with van der Waals surface area (Å²) >= 11 is 0. The first-order valence-corrected chi connectivity index (χ1v) is 8.51. The molecule has 0 radical (unpaired) electrons. The average Bonchev–Trinajstić information content (AvgIpc) is 2.24. The van der Waals surface area contributed by atoms with Gasteiger partial charge in [-0.25, -0.2) is 0 Å². The van der Waals surface area contributed by atoms with Gasteiger partial charge in [0.15, 0.2) is 0 Å². The van der Waals surface area contributed by atoms with Gasteiger partial charge < -0.3 is 0 Å². The van der Waals surface area contributed by atoms with E-state index >= 15 is 0 Å². The van der Waals surface area contributed by atoms with Gasteiger partial charge in [-0.2, -0.15) is 0 Å². The van der Waals surface area contributed by atoms with Crippen LogP contribution >= 0.6 is 0 Å². The molecule has 0 N–H and O–H groups in total. The molecule has 4 aliphatic rings. The van der Waals surface area contributed by atoms with Crippen LogP contribution in [0.1, 0.15) is 78.6 Å². The van der Waals surface area contributed by atoms with Gasteiger partial charge in [0.2, 0.25) is 0 Å². The summed E-state index contributed by atoms with van der Waals surface area (Å²) in [5, 5.41) is 0. The minimum absolute atomic E-state index is 0.546. The number of hydrogen-bond donors (Lipinski definition) is 0. The number of rotatable bonds is 4. The molecule has 0 heteroatoms. The van der Waals surface area contributed by atoms with Gasteiger partial charge in [-0.15, -0.1) is 0 Å². The lowest BCUT2D eigenvalue weighted by Gasteiger charge is -2.54. The van der Waals surface area contributed by atoms with Gasteiger partial charge in [-0.3, -0.25) is 0 Å². The van der Waals surface area contributed by atoms with Gasteiger partial charge in [-0.05, 0) is 80.0 Å². The van der Waals surface area contributed by atoms with Crippen LogP contribution in [-0.2, 0) is 0 Å². The first kappa shape index (κ1) is 13.0. The summed E-state index contributed by atoms with van der Waals surface area (Å²) in [6, 6.07) is 0. The van der Waals surface area contributed by atoms with Crippen LogP contribution in [0.25, 0.3) is 0 Å². The molecule has 4 fully saturated rings. The third-order valence-corrected chi connectivity index (χ3v) is 6.14. The molecule has 4 bridgehead atoms. The molecular formula is C18H32. The van der Waals surface area contributed by atoms with Crippen LogP contribution in [0, 0.1) is 35.0 Å². The van der Waals surface area contributed by atoms with Crippen molar-refractivity contribution < 1.29 is 0 Å². The summed E-state index contributed by atoms with van der Waals surface area (Å²) in [4.78, 5) is 0. The number of hydrogen-bond acceptors (Lipinski definition) is 0. The summed E-state index contributed by atoms with van der Waals surface area (Å²) in [7, 11) is 0. The minimum atomic E-state index is 0.546. The summed E-state index contributed by atoms with van der Waals surface area (Å²) in [6.45, 7) is 7.15. The highest BCUT2D eigenvalue weighted by Gasteiger charge is 2.47.